The van der Waals surface area contributed by atoms with Gasteiger partial charge in [-0.05, 0) is 31.3 Å². The van der Waals surface area contributed by atoms with Crippen LogP contribution in [0.25, 0.3) is 0 Å². The quantitative estimate of drug-likeness (QED) is 0.869. The second kappa shape index (κ2) is 6.12. The van der Waals surface area contributed by atoms with E-state index in [1.807, 2.05) is 31.3 Å². The number of anilines is 1. The minimum Gasteiger partial charge on any atom is -0.353 e. The highest BCUT2D eigenvalue weighted by molar-refractivity contribution is 5.42. The molecule has 1 aromatic carbocycles. The number of nitriles is 1. The van der Waals surface area contributed by atoms with Crippen LogP contribution in [0.4, 0.5) is 10.2 Å². The molecule has 0 aliphatic carbocycles. The highest BCUT2D eigenvalue weighted by Crippen LogP contribution is 2.22. The van der Waals surface area contributed by atoms with Crippen molar-refractivity contribution >= 4 is 5.82 Å². The summed E-state index contributed by atoms with van der Waals surface area (Å²) < 4.78 is 13.9. The monoisotopic (exact) mass is 296 g/mol. The van der Waals surface area contributed by atoms with Crippen LogP contribution in [-0.2, 0) is 6.54 Å². The number of aromatic nitrogens is 1. The molecule has 1 fully saturated rings. The van der Waals surface area contributed by atoms with Gasteiger partial charge in [0.25, 0.3) is 0 Å². The topological polar surface area (TPSA) is 43.2 Å². The summed E-state index contributed by atoms with van der Waals surface area (Å²) >= 11 is 0. The van der Waals surface area contributed by atoms with Gasteiger partial charge in [-0.3, -0.25) is 4.90 Å². The lowest BCUT2D eigenvalue weighted by Crippen LogP contribution is -2.58. The molecule has 0 radical (unpaired) electrons. The smallest absolute Gasteiger partial charge is 0.129 e. The van der Waals surface area contributed by atoms with Crippen molar-refractivity contribution < 1.29 is 4.39 Å². The van der Waals surface area contributed by atoms with Crippen molar-refractivity contribution in [1.82, 2.24) is 9.88 Å². The van der Waals surface area contributed by atoms with Gasteiger partial charge in [0.15, 0.2) is 0 Å². The number of nitrogens with zero attached hydrogens (tertiary/aromatic N) is 4. The first-order valence-corrected chi connectivity index (χ1v) is 7.22. The predicted octanol–water partition coefficient (Wildman–Crippen LogP) is 2.41. The summed E-state index contributed by atoms with van der Waals surface area (Å²) in [5.41, 5.74) is 0.978. The maximum Gasteiger partial charge on any atom is 0.129 e. The molecule has 0 unspecified atom stereocenters. The molecule has 0 bridgehead atoms. The van der Waals surface area contributed by atoms with Gasteiger partial charge < -0.3 is 4.90 Å². The summed E-state index contributed by atoms with van der Waals surface area (Å²) in [6.45, 7) is 2.33. The van der Waals surface area contributed by atoms with Crippen molar-refractivity contribution in [2.24, 2.45) is 0 Å². The summed E-state index contributed by atoms with van der Waals surface area (Å²) in [5, 5.41) is 8.77. The van der Waals surface area contributed by atoms with Crippen LogP contribution in [0.2, 0.25) is 0 Å². The van der Waals surface area contributed by atoms with Crippen LogP contribution < -0.4 is 4.90 Å². The number of benzene rings is 1. The summed E-state index contributed by atoms with van der Waals surface area (Å²) in [6, 6.07) is 12.9. The summed E-state index contributed by atoms with van der Waals surface area (Å²) in [4.78, 5) is 8.68. The lowest BCUT2D eigenvalue weighted by Gasteiger charge is -2.44. The Labute approximate surface area is 129 Å². The molecule has 22 heavy (non-hydrogen) atoms. The number of rotatable bonds is 4. The number of pyridine rings is 1. The van der Waals surface area contributed by atoms with E-state index in [4.69, 9.17) is 5.26 Å². The zero-order valence-electron chi connectivity index (χ0n) is 12.4. The molecule has 0 amide bonds. The third kappa shape index (κ3) is 2.92. The fourth-order valence-corrected chi connectivity index (χ4v) is 2.60. The van der Waals surface area contributed by atoms with Gasteiger partial charge in [0.05, 0.1) is 11.6 Å². The van der Waals surface area contributed by atoms with Crippen LogP contribution >= 0.6 is 0 Å². The third-order valence-corrected chi connectivity index (χ3v) is 4.06. The Balaban J connectivity index is 1.58. The van der Waals surface area contributed by atoms with Gasteiger partial charge in [-0.25, -0.2) is 9.37 Å². The van der Waals surface area contributed by atoms with Gasteiger partial charge in [-0.2, -0.15) is 5.26 Å². The van der Waals surface area contributed by atoms with Gasteiger partial charge in [0.2, 0.25) is 0 Å². The van der Waals surface area contributed by atoms with Crippen molar-refractivity contribution in [3.63, 3.8) is 0 Å². The average molecular weight is 296 g/mol. The molecule has 5 heteroatoms. The number of likely N-dealkylation sites (N-methyl/N-ethyl adjacent to an activating group) is 1. The molecule has 1 aromatic heterocycles. The van der Waals surface area contributed by atoms with Crippen LogP contribution in [-0.4, -0.2) is 36.1 Å². The van der Waals surface area contributed by atoms with E-state index >= 15 is 0 Å². The van der Waals surface area contributed by atoms with Crippen LogP contribution in [0.15, 0.2) is 42.6 Å². The molecule has 112 valence electrons. The Morgan fingerprint density at radius 1 is 1.36 bits per heavy atom. The van der Waals surface area contributed by atoms with Crippen LogP contribution in [0, 0.1) is 17.1 Å². The lowest BCUT2D eigenvalue weighted by molar-refractivity contribution is 0.194. The van der Waals surface area contributed by atoms with E-state index in [-0.39, 0.29) is 5.82 Å². The number of hydrogen-bond donors (Lipinski definition) is 0. The van der Waals surface area contributed by atoms with Crippen LogP contribution in [0.3, 0.4) is 0 Å². The molecule has 2 heterocycles. The van der Waals surface area contributed by atoms with E-state index in [0.29, 0.717) is 23.7 Å². The van der Waals surface area contributed by atoms with Crippen LogP contribution in [0.1, 0.15) is 11.1 Å². The van der Waals surface area contributed by atoms with E-state index < -0.39 is 0 Å². The third-order valence-electron chi connectivity index (χ3n) is 4.06. The van der Waals surface area contributed by atoms with Crippen molar-refractivity contribution in [3.8, 4) is 6.07 Å². The summed E-state index contributed by atoms with van der Waals surface area (Å²) in [5.74, 6) is 0.670. The molecule has 0 atom stereocenters. The molecule has 1 aliphatic rings. The summed E-state index contributed by atoms with van der Waals surface area (Å²) in [6.07, 6.45) is 1.79. The molecule has 1 saturated heterocycles. The Morgan fingerprint density at radius 2 is 2.18 bits per heavy atom. The predicted molar refractivity (Wildman–Crippen MR) is 82.8 cm³/mol. The number of halogens is 1. The molecule has 3 rings (SSSR count). The summed E-state index contributed by atoms with van der Waals surface area (Å²) in [7, 11) is 2.00. The fourth-order valence-electron chi connectivity index (χ4n) is 2.60. The van der Waals surface area contributed by atoms with Gasteiger partial charge in [0.1, 0.15) is 11.6 Å². The average Bonchev–Trinajstić information content (AvgIpc) is 2.49. The highest BCUT2D eigenvalue weighted by atomic mass is 19.1. The Morgan fingerprint density at radius 3 is 2.82 bits per heavy atom. The molecule has 0 N–H and O–H groups in total. The minimum atomic E-state index is -0.313. The van der Waals surface area contributed by atoms with Gasteiger partial charge >= 0.3 is 0 Å². The largest absolute Gasteiger partial charge is 0.353 e. The highest BCUT2D eigenvalue weighted by Gasteiger charge is 2.30. The molecular formula is C17H17FN4. The van der Waals surface area contributed by atoms with Crippen molar-refractivity contribution in [2.75, 3.05) is 25.0 Å². The standard InChI is InChI=1S/C17H17FN4/c1-21(10-14-6-5-13(9-19)8-16(14)18)15-11-22(12-15)17-4-2-3-7-20-17/h2-8,15H,10-12H2,1H3. The molecule has 2 aromatic rings. The van der Waals surface area contributed by atoms with Crippen molar-refractivity contribution in [2.45, 2.75) is 12.6 Å². The second-order valence-electron chi connectivity index (χ2n) is 5.58. The van der Waals surface area contributed by atoms with Gasteiger partial charge in [-0.15, -0.1) is 0 Å². The van der Waals surface area contributed by atoms with E-state index in [1.54, 1.807) is 18.3 Å². The lowest BCUT2D eigenvalue weighted by atomic mass is 10.1. The first-order chi connectivity index (χ1) is 10.7. The SMILES string of the molecule is CN(Cc1ccc(C#N)cc1F)C1CN(c2ccccn2)C1. The van der Waals surface area contributed by atoms with E-state index in [2.05, 4.69) is 14.8 Å². The fraction of sp³-hybridized carbons (Fsp3) is 0.294. The first-order valence-electron chi connectivity index (χ1n) is 7.22. The zero-order chi connectivity index (χ0) is 15.5. The van der Waals surface area contributed by atoms with E-state index in [9.17, 15) is 4.39 Å². The van der Waals surface area contributed by atoms with E-state index in [1.165, 1.54) is 6.07 Å². The van der Waals surface area contributed by atoms with Gasteiger partial charge in [0, 0.05) is 37.4 Å². The zero-order valence-corrected chi connectivity index (χ0v) is 12.4. The first kappa shape index (κ1) is 14.5. The van der Waals surface area contributed by atoms with Crippen LogP contribution in [0.5, 0.6) is 0 Å². The Hall–Kier alpha value is -2.45. The molecular weight excluding hydrogens is 279 g/mol. The second-order valence-corrected chi connectivity index (χ2v) is 5.58. The molecule has 4 nitrogen and oxygen atoms in total. The maximum absolute atomic E-state index is 13.9. The number of hydrogen-bond acceptors (Lipinski definition) is 4. The normalized spacial score (nSPS) is 14.7. The Bertz CT molecular complexity index is 690. The minimum absolute atomic E-state index is 0.313. The Kier molecular flexibility index (Phi) is 4.03. The molecule has 1 aliphatic heterocycles. The van der Waals surface area contributed by atoms with Crippen molar-refractivity contribution in [1.29, 1.82) is 5.26 Å². The van der Waals surface area contributed by atoms with Crippen molar-refractivity contribution in [3.05, 3.63) is 59.5 Å². The van der Waals surface area contributed by atoms with E-state index in [0.717, 1.165) is 18.9 Å². The maximum atomic E-state index is 13.9. The molecule has 0 saturated carbocycles. The molecule has 0 spiro atoms. The van der Waals surface area contributed by atoms with Gasteiger partial charge in [-0.1, -0.05) is 12.1 Å².